The molecule has 1 saturated heterocycles. The van der Waals surface area contributed by atoms with Crippen LogP contribution in [0, 0.1) is 0 Å². The zero-order chi connectivity index (χ0) is 11.7. The molecule has 88 valence electrons. The average molecular weight is 214 g/mol. The number of amides is 1. The van der Waals surface area contributed by atoms with Crippen molar-refractivity contribution in [1.82, 2.24) is 4.90 Å². The molecule has 0 aromatic rings. The number of carbonyl (C=O) groups excluding carboxylic acids is 1. The van der Waals surface area contributed by atoms with Crippen molar-refractivity contribution in [2.75, 3.05) is 20.3 Å². The Kier molecular flexibility index (Phi) is 3.41. The van der Waals surface area contributed by atoms with Gasteiger partial charge < -0.3 is 15.4 Å². The Labute approximate surface area is 91.8 Å². The van der Waals surface area contributed by atoms with Gasteiger partial charge >= 0.3 is 0 Å². The molecule has 0 radical (unpaired) electrons. The highest BCUT2D eigenvalue weighted by atomic mass is 16.5. The van der Waals surface area contributed by atoms with E-state index in [1.165, 1.54) is 0 Å². The summed E-state index contributed by atoms with van der Waals surface area (Å²) in [4.78, 5) is 13.9. The molecule has 0 aromatic heterocycles. The molecule has 2 N–H and O–H groups in total. The standard InChI is InChI=1S/C11H22N2O2/c1-5-10(2,3)13(4)9(14)11(12)6-7-15-8-11/h5-8,12H2,1-4H3. The molecule has 0 aliphatic carbocycles. The van der Waals surface area contributed by atoms with Gasteiger partial charge in [-0.05, 0) is 26.7 Å². The molecule has 1 aliphatic heterocycles. The first kappa shape index (κ1) is 12.5. The number of ether oxygens (including phenoxy) is 1. The molecule has 15 heavy (non-hydrogen) atoms. The molecule has 0 saturated carbocycles. The summed E-state index contributed by atoms with van der Waals surface area (Å²) in [6.45, 7) is 7.09. The molecule has 0 aromatic carbocycles. The minimum Gasteiger partial charge on any atom is -0.379 e. The van der Waals surface area contributed by atoms with Gasteiger partial charge in [0.15, 0.2) is 0 Å². The van der Waals surface area contributed by atoms with Crippen LogP contribution in [0.1, 0.15) is 33.6 Å². The van der Waals surface area contributed by atoms with Gasteiger partial charge in [-0.15, -0.1) is 0 Å². The third-order valence-corrected chi connectivity index (χ3v) is 3.56. The maximum atomic E-state index is 12.2. The van der Waals surface area contributed by atoms with E-state index < -0.39 is 5.54 Å². The fraction of sp³-hybridized carbons (Fsp3) is 0.909. The van der Waals surface area contributed by atoms with Gasteiger partial charge in [-0.2, -0.15) is 0 Å². The maximum absolute atomic E-state index is 12.2. The molecule has 1 amide bonds. The second-order valence-corrected chi connectivity index (χ2v) is 4.99. The summed E-state index contributed by atoms with van der Waals surface area (Å²) >= 11 is 0. The van der Waals surface area contributed by atoms with Crippen LogP contribution in [0.15, 0.2) is 0 Å². The van der Waals surface area contributed by atoms with Gasteiger partial charge in [0.05, 0.1) is 6.61 Å². The Morgan fingerprint density at radius 2 is 2.20 bits per heavy atom. The summed E-state index contributed by atoms with van der Waals surface area (Å²) in [7, 11) is 1.82. The molecule has 0 bridgehead atoms. The highest BCUT2D eigenvalue weighted by Crippen LogP contribution is 2.24. The average Bonchev–Trinajstić information content (AvgIpc) is 2.64. The summed E-state index contributed by atoms with van der Waals surface area (Å²) in [5.74, 6) is -0.00755. The van der Waals surface area contributed by atoms with Gasteiger partial charge in [0.1, 0.15) is 5.54 Å². The minimum absolute atomic E-state index is 0.00755. The molecule has 1 heterocycles. The van der Waals surface area contributed by atoms with E-state index in [2.05, 4.69) is 6.92 Å². The molecule has 1 fully saturated rings. The highest BCUT2D eigenvalue weighted by molar-refractivity contribution is 5.87. The second-order valence-electron chi connectivity index (χ2n) is 4.99. The van der Waals surface area contributed by atoms with Crippen molar-refractivity contribution in [2.24, 2.45) is 5.73 Å². The van der Waals surface area contributed by atoms with Crippen LogP contribution in [0.5, 0.6) is 0 Å². The van der Waals surface area contributed by atoms with E-state index in [-0.39, 0.29) is 11.4 Å². The quantitative estimate of drug-likeness (QED) is 0.754. The second kappa shape index (κ2) is 4.10. The van der Waals surface area contributed by atoms with Gasteiger partial charge in [-0.25, -0.2) is 0 Å². The molecule has 1 unspecified atom stereocenters. The number of nitrogens with two attached hydrogens (primary N) is 1. The lowest BCUT2D eigenvalue weighted by molar-refractivity contribution is -0.140. The Balaban J connectivity index is 2.76. The summed E-state index contributed by atoms with van der Waals surface area (Å²) in [6.07, 6.45) is 1.53. The van der Waals surface area contributed by atoms with Crippen LogP contribution >= 0.6 is 0 Å². The van der Waals surface area contributed by atoms with Gasteiger partial charge in [0, 0.05) is 19.2 Å². The van der Waals surface area contributed by atoms with Crippen molar-refractivity contribution in [1.29, 1.82) is 0 Å². The predicted molar refractivity (Wildman–Crippen MR) is 59.5 cm³/mol. The lowest BCUT2D eigenvalue weighted by Gasteiger charge is -2.39. The molecule has 4 nitrogen and oxygen atoms in total. The first-order chi connectivity index (χ1) is 6.83. The van der Waals surface area contributed by atoms with Crippen molar-refractivity contribution in [3.8, 4) is 0 Å². The summed E-state index contributed by atoms with van der Waals surface area (Å²) < 4.78 is 5.21. The lowest BCUT2D eigenvalue weighted by atomic mass is 9.93. The molecule has 1 aliphatic rings. The van der Waals surface area contributed by atoms with Gasteiger partial charge in [0.2, 0.25) is 5.91 Å². The van der Waals surface area contributed by atoms with Gasteiger partial charge in [0.25, 0.3) is 0 Å². The lowest BCUT2D eigenvalue weighted by Crippen LogP contribution is -2.59. The Morgan fingerprint density at radius 3 is 2.60 bits per heavy atom. The van der Waals surface area contributed by atoms with Crippen molar-refractivity contribution < 1.29 is 9.53 Å². The van der Waals surface area contributed by atoms with Crippen molar-refractivity contribution >= 4 is 5.91 Å². The van der Waals surface area contributed by atoms with Crippen LogP contribution in [0.3, 0.4) is 0 Å². The van der Waals surface area contributed by atoms with Gasteiger partial charge in [-0.3, -0.25) is 4.79 Å². The summed E-state index contributed by atoms with van der Waals surface area (Å²) in [5, 5.41) is 0. The fourth-order valence-electron chi connectivity index (χ4n) is 1.60. The smallest absolute Gasteiger partial charge is 0.245 e. The third kappa shape index (κ3) is 2.32. The first-order valence-electron chi connectivity index (χ1n) is 5.48. The Hall–Kier alpha value is -0.610. The minimum atomic E-state index is -0.804. The highest BCUT2D eigenvalue weighted by Gasteiger charge is 2.42. The Bertz CT molecular complexity index is 245. The van der Waals surface area contributed by atoms with E-state index in [9.17, 15) is 4.79 Å². The van der Waals surface area contributed by atoms with Crippen LogP contribution in [-0.2, 0) is 9.53 Å². The number of nitrogens with zero attached hydrogens (tertiary/aromatic N) is 1. The van der Waals surface area contributed by atoms with Crippen LogP contribution < -0.4 is 5.73 Å². The number of rotatable bonds is 3. The van der Waals surface area contributed by atoms with Crippen LogP contribution in [-0.4, -0.2) is 42.1 Å². The number of likely N-dealkylation sites (N-methyl/N-ethyl adjacent to an activating group) is 1. The molecule has 0 spiro atoms. The zero-order valence-corrected chi connectivity index (χ0v) is 10.2. The van der Waals surface area contributed by atoms with E-state index in [4.69, 9.17) is 10.5 Å². The van der Waals surface area contributed by atoms with Crippen LogP contribution in [0.25, 0.3) is 0 Å². The predicted octanol–water partition coefficient (Wildman–Crippen LogP) is 0.751. The van der Waals surface area contributed by atoms with E-state index in [0.29, 0.717) is 19.6 Å². The number of hydrogen-bond donors (Lipinski definition) is 1. The normalized spacial score (nSPS) is 26.7. The monoisotopic (exact) mass is 214 g/mol. The molecule has 1 atom stereocenters. The summed E-state index contributed by atoms with van der Waals surface area (Å²) in [6, 6.07) is 0. The SMILES string of the molecule is CCC(C)(C)N(C)C(=O)C1(N)CCOC1. The van der Waals surface area contributed by atoms with Gasteiger partial charge in [-0.1, -0.05) is 6.92 Å². The summed E-state index contributed by atoms with van der Waals surface area (Å²) in [5.41, 5.74) is 5.09. The zero-order valence-electron chi connectivity index (χ0n) is 10.2. The Morgan fingerprint density at radius 1 is 1.60 bits per heavy atom. The van der Waals surface area contributed by atoms with Crippen molar-refractivity contribution in [3.63, 3.8) is 0 Å². The van der Waals surface area contributed by atoms with Crippen molar-refractivity contribution in [3.05, 3.63) is 0 Å². The molecule has 1 rings (SSSR count). The maximum Gasteiger partial charge on any atom is 0.245 e. The van der Waals surface area contributed by atoms with E-state index in [1.54, 1.807) is 4.90 Å². The van der Waals surface area contributed by atoms with E-state index in [1.807, 2.05) is 20.9 Å². The van der Waals surface area contributed by atoms with E-state index in [0.717, 1.165) is 6.42 Å². The number of carbonyl (C=O) groups is 1. The molecular weight excluding hydrogens is 192 g/mol. The van der Waals surface area contributed by atoms with Crippen LogP contribution in [0.2, 0.25) is 0 Å². The molecule has 4 heteroatoms. The van der Waals surface area contributed by atoms with E-state index >= 15 is 0 Å². The largest absolute Gasteiger partial charge is 0.379 e. The fourth-order valence-corrected chi connectivity index (χ4v) is 1.60. The number of hydrogen-bond acceptors (Lipinski definition) is 3. The van der Waals surface area contributed by atoms with Crippen molar-refractivity contribution in [2.45, 2.75) is 44.7 Å². The molecular formula is C11H22N2O2. The van der Waals surface area contributed by atoms with Crippen LogP contribution in [0.4, 0.5) is 0 Å². The topological polar surface area (TPSA) is 55.6 Å². The first-order valence-corrected chi connectivity index (χ1v) is 5.48. The third-order valence-electron chi connectivity index (χ3n) is 3.56.